The molecule has 0 spiro atoms. The number of likely N-dealkylation sites (tertiary alicyclic amines) is 1. The molecule has 5 rings (SSSR count). The predicted octanol–water partition coefficient (Wildman–Crippen LogP) is 5.23. The third kappa shape index (κ3) is 5.06. The number of methoxy groups -OCH3 is 1. The second-order valence-corrected chi connectivity index (χ2v) is 10.9. The summed E-state index contributed by atoms with van der Waals surface area (Å²) in [5.41, 5.74) is 2.91. The summed E-state index contributed by atoms with van der Waals surface area (Å²) in [5.74, 6) is 1.26. The molecule has 6 heteroatoms. The van der Waals surface area contributed by atoms with E-state index in [4.69, 9.17) is 9.84 Å². The van der Waals surface area contributed by atoms with Gasteiger partial charge in [0.2, 0.25) is 0 Å². The lowest BCUT2D eigenvalue weighted by Gasteiger charge is -2.54. The fourth-order valence-corrected chi connectivity index (χ4v) is 6.62. The van der Waals surface area contributed by atoms with Crippen molar-refractivity contribution in [2.75, 3.05) is 20.2 Å². The van der Waals surface area contributed by atoms with Crippen LogP contribution >= 0.6 is 11.3 Å². The molecule has 2 aliphatic carbocycles. The van der Waals surface area contributed by atoms with Crippen molar-refractivity contribution in [2.45, 2.75) is 70.1 Å². The number of aryl methyl sites for hydroxylation is 1. The number of aliphatic hydroxyl groups excluding tert-OH is 1. The van der Waals surface area contributed by atoms with Crippen molar-refractivity contribution < 1.29 is 20.1 Å². The first kappa shape index (κ1) is 25.2. The molecule has 3 N–H and O–H groups in total. The van der Waals surface area contributed by atoms with Crippen molar-refractivity contribution in [2.24, 2.45) is 11.8 Å². The molecule has 0 amide bonds. The molecule has 1 saturated heterocycles. The number of phenolic OH excluding ortho intramolecular Hbond substituents is 2. The van der Waals surface area contributed by atoms with Crippen LogP contribution in [0.5, 0.6) is 11.5 Å². The van der Waals surface area contributed by atoms with Crippen LogP contribution in [0, 0.1) is 11.8 Å². The Bertz CT molecular complexity index is 971. The second-order valence-electron chi connectivity index (χ2n) is 10.1. The number of ether oxygens (including phenoxy) is 1. The minimum absolute atomic E-state index is 0.00749. The average molecular weight is 486 g/mol. The summed E-state index contributed by atoms with van der Waals surface area (Å²) in [6, 6.07) is 5.93. The van der Waals surface area contributed by atoms with E-state index in [-0.39, 0.29) is 29.6 Å². The fourth-order valence-electron chi connectivity index (χ4n) is 5.96. The molecule has 1 saturated carbocycles. The van der Waals surface area contributed by atoms with Gasteiger partial charge in [0.25, 0.3) is 0 Å². The smallest absolute Gasteiger partial charge is 0.161 e. The van der Waals surface area contributed by atoms with E-state index in [2.05, 4.69) is 30.9 Å². The Morgan fingerprint density at radius 3 is 2.56 bits per heavy atom. The van der Waals surface area contributed by atoms with Crippen LogP contribution in [0.2, 0.25) is 0 Å². The van der Waals surface area contributed by atoms with E-state index in [1.165, 1.54) is 19.4 Å². The maximum Gasteiger partial charge on any atom is 0.161 e. The van der Waals surface area contributed by atoms with Crippen LogP contribution < -0.4 is 0 Å². The maximum atomic E-state index is 10.9. The van der Waals surface area contributed by atoms with Gasteiger partial charge in [0.05, 0.1) is 12.7 Å². The minimum atomic E-state index is -0.191. The number of phenols is 2. The lowest BCUT2D eigenvalue weighted by Crippen LogP contribution is -2.57. The van der Waals surface area contributed by atoms with Crippen molar-refractivity contribution in [3.63, 3.8) is 0 Å². The number of aliphatic hydroxyl groups is 1. The van der Waals surface area contributed by atoms with Gasteiger partial charge in [-0.1, -0.05) is 25.1 Å². The molecule has 186 valence electrons. The Kier molecular flexibility index (Phi) is 8.03. The molecule has 2 heterocycles. The van der Waals surface area contributed by atoms with Gasteiger partial charge in [-0.2, -0.15) is 11.3 Å². The van der Waals surface area contributed by atoms with Gasteiger partial charge in [0, 0.05) is 36.6 Å². The number of hydrogen-bond donors (Lipinski definition) is 3. The van der Waals surface area contributed by atoms with E-state index in [9.17, 15) is 10.2 Å². The van der Waals surface area contributed by atoms with Crippen LogP contribution in [0.15, 0.2) is 41.1 Å². The molecular weight excluding hydrogens is 446 g/mol. The van der Waals surface area contributed by atoms with Crippen molar-refractivity contribution in [1.82, 2.24) is 4.90 Å². The molecule has 0 radical (unpaired) electrons. The highest BCUT2D eigenvalue weighted by molar-refractivity contribution is 7.07. The van der Waals surface area contributed by atoms with Crippen molar-refractivity contribution in [1.29, 1.82) is 0 Å². The first-order chi connectivity index (χ1) is 16.4. The van der Waals surface area contributed by atoms with Crippen LogP contribution in [0.4, 0.5) is 0 Å². The van der Waals surface area contributed by atoms with Gasteiger partial charge in [-0.05, 0) is 85.5 Å². The van der Waals surface area contributed by atoms with E-state index in [1.807, 2.05) is 22.9 Å². The number of piperidine rings is 1. The molecule has 0 bridgehead atoms. The molecule has 3 aliphatic rings. The number of thiophene rings is 1. The van der Waals surface area contributed by atoms with E-state index in [1.54, 1.807) is 24.5 Å². The quantitative estimate of drug-likeness (QED) is 0.386. The van der Waals surface area contributed by atoms with E-state index in [0.717, 1.165) is 48.4 Å². The lowest BCUT2D eigenvalue weighted by atomic mass is 9.57. The van der Waals surface area contributed by atoms with Crippen molar-refractivity contribution in [3.05, 3.63) is 57.8 Å². The molecule has 2 aromatic rings. The van der Waals surface area contributed by atoms with Crippen molar-refractivity contribution in [3.8, 4) is 11.5 Å². The normalized spacial score (nSPS) is 28.8. The van der Waals surface area contributed by atoms with Gasteiger partial charge in [-0.15, -0.1) is 0 Å². The van der Waals surface area contributed by atoms with E-state index in [0.29, 0.717) is 12.0 Å². The van der Waals surface area contributed by atoms with E-state index < -0.39 is 0 Å². The Morgan fingerprint density at radius 2 is 1.97 bits per heavy atom. The molecule has 2 fully saturated rings. The van der Waals surface area contributed by atoms with Crippen LogP contribution in [-0.4, -0.2) is 52.6 Å². The van der Waals surface area contributed by atoms with Crippen LogP contribution in [0.1, 0.15) is 56.2 Å². The van der Waals surface area contributed by atoms with Crippen LogP contribution in [-0.2, 0) is 23.2 Å². The first-order valence-electron chi connectivity index (χ1n) is 12.5. The minimum Gasteiger partial charge on any atom is -0.504 e. The third-order valence-corrected chi connectivity index (χ3v) is 8.79. The number of nitrogens with zero attached hydrogens (tertiary/aromatic N) is 1. The van der Waals surface area contributed by atoms with Gasteiger partial charge >= 0.3 is 0 Å². The highest BCUT2D eigenvalue weighted by atomic mass is 32.1. The Hall–Kier alpha value is -1.86. The first-order valence-corrected chi connectivity index (χ1v) is 13.5. The topological polar surface area (TPSA) is 73.2 Å². The molecule has 1 aromatic carbocycles. The number of benzene rings is 1. The zero-order valence-corrected chi connectivity index (χ0v) is 21.4. The summed E-state index contributed by atoms with van der Waals surface area (Å²) in [4.78, 5) is 2.64. The summed E-state index contributed by atoms with van der Waals surface area (Å²) in [7, 11) is 1.76. The molecule has 1 aromatic heterocycles. The highest BCUT2D eigenvalue weighted by Crippen LogP contribution is 2.54. The number of rotatable bonds is 6. The number of hydrogen-bond acceptors (Lipinski definition) is 6. The fraction of sp³-hybridized carbons (Fsp3) is 0.571. The van der Waals surface area contributed by atoms with Gasteiger partial charge in [-0.3, -0.25) is 4.90 Å². The summed E-state index contributed by atoms with van der Waals surface area (Å²) in [5, 5.41) is 33.5. The second kappa shape index (κ2) is 10.8. The Morgan fingerprint density at radius 1 is 1.18 bits per heavy atom. The van der Waals surface area contributed by atoms with Crippen molar-refractivity contribution >= 4 is 11.3 Å². The lowest BCUT2D eigenvalue weighted by molar-refractivity contribution is 0.00993. The molecule has 1 aliphatic heterocycles. The van der Waals surface area contributed by atoms with Crippen LogP contribution in [0.25, 0.3) is 0 Å². The third-order valence-electron chi connectivity index (χ3n) is 8.05. The Balaban J connectivity index is 0.000000336. The molecule has 5 nitrogen and oxygen atoms in total. The summed E-state index contributed by atoms with van der Waals surface area (Å²) in [6.45, 7) is 6.87. The summed E-state index contributed by atoms with van der Waals surface area (Å²) >= 11 is 1.60. The summed E-state index contributed by atoms with van der Waals surface area (Å²) < 4.78 is 5.72. The SMILES string of the molecule is CCc1ccc(O)c(O)c1C12CCN(CC3CC3)C(C)C1C=CC(OC)C2.OCc1ccsc1. The average Bonchev–Trinajstić information content (AvgIpc) is 3.51. The predicted molar refractivity (Wildman–Crippen MR) is 137 cm³/mol. The summed E-state index contributed by atoms with van der Waals surface area (Å²) in [6.07, 6.45) is 10.0. The highest BCUT2D eigenvalue weighted by Gasteiger charge is 2.52. The van der Waals surface area contributed by atoms with Gasteiger partial charge < -0.3 is 20.1 Å². The van der Waals surface area contributed by atoms with Gasteiger partial charge in [0.15, 0.2) is 11.5 Å². The molecule has 34 heavy (non-hydrogen) atoms. The monoisotopic (exact) mass is 485 g/mol. The molecule has 4 unspecified atom stereocenters. The van der Waals surface area contributed by atoms with E-state index >= 15 is 0 Å². The zero-order chi connectivity index (χ0) is 24.3. The molecular formula is C28H39NO4S. The number of aromatic hydroxyl groups is 2. The van der Waals surface area contributed by atoms with Gasteiger partial charge in [-0.25, -0.2) is 0 Å². The zero-order valence-electron chi connectivity index (χ0n) is 20.6. The Labute approximate surface area is 207 Å². The standard InChI is InChI=1S/C23H33NO3.C5H6OS/c1-4-17-7-10-20(25)22(26)21(17)23-11-12-24(14-16-5-6-16)15(2)19(23)9-8-18(13-23)27-3;6-3-5-1-2-7-4-5/h7-10,15-16,18-19,25-26H,4-6,11-14H2,1-3H3;1-2,4,6H,3H2. The molecule has 4 atom stereocenters. The number of fused-ring (bicyclic) bond motifs is 1. The largest absolute Gasteiger partial charge is 0.504 e. The van der Waals surface area contributed by atoms with Crippen LogP contribution in [0.3, 0.4) is 0 Å². The maximum absolute atomic E-state index is 10.9. The van der Waals surface area contributed by atoms with Gasteiger partial charge in [0.1, 0.15) is 0 Å².